The van der Waals surface area contributed by atoms with Gasteiger partial charge in [0.15, 0.2) is 0 Å². The Hall–Kier alpha value is -4.01. The quantitative estimate of drug-likeness (QED) is 0.456. The minimum atomic E-state index is -0.471. The molecule has 3 atom stereocenters. The summed E-state index contributed by atoms with van der Waals surface area (Å²) in [7, 11) is 0. The minimum Gasteiger partial charge on any atom is -0.487 e. The summed E-state index contributed by atoms with van der Waals surface area (Å²) in [5, 5.41) is 6.52. The molecule has 3 unspecified atom stereocenters. The van der Waals surface area contributed by atoms with E-state index in [1.165, 1.54) is 11.1 Å². The number of ether oxygens (including phenoxy) is 1. The molecule has 0 aliphatic carbocycles. The van der Waals surface area contributed by atoms with Crippen molar-refractivity contribution in [2.24, 2.45) is 0 Å². The molecule has 2 saturated heterocycles. The van der Waals surface area contributed by atoms with E-state index in [9.17, 15) is 9.59 Å². The van der Waals surface area contributed by atoms with Crippen LogP contribution in [0.3, 0.4) is 0 Å². The number of likely N-dealkylation sites (tertiary alicyclic amines) is 1. The summed E-state index contributed by atoms with van der Waals surface area (Å²) in [5.74, 6) is 0.493. The highest BCUT2D eigenvalue weighted by Crippen LogP contribution is 2.32. The standard InChI is InChI=1S/C32H35N5O3/c1-22-7-10-29(31(38)35-22)37-20-25-17-26(8-9-27(25)32(37)39)40-30-21-36(19-24-5-3-2-4-6-24)16-13-28(30)34-18-23-11-14-33-15-12-23/h2-6,8-9,11-12,14-15,17,28-30,34H,1,7,10,13,16,18-21H2,(H,35,38). The molecule has 2 fully saturated rings. The van der Waals surface area contributed by atoms with Gasteiger partial charge in [-0.05, 0) is 66.3 Å². The Morgan fingerprint density at radius 2 is 1.85 bits per heavy atom. The third-order valence-electron chi connectivity index (χ3n) is 8.10. The molecule has 0 bridgehead atoms. The summed E-state index contributed by atoms with van der Waals surface area (Å²) >= 11 is 0. The maximum Gasteiger partial charge on any atom is 0.255 e. The van der Waals surface area contributed by atoms with Crippen molar-refractivity contribution in [1.29, 1.82) is 0 Å². The van der Waals surface area contributed by atoms with Crippen LogP contribution in [0.25, 0.3) is 0 Å². The SMILES string of the molecule is C=C1CCC(N2Cc3cc(OC4CN(Cc5ccccc5)CCC4NCc4ccncc4)ccc3C2=O)C(=O)N1. The number of nitrogens with zero attached hydrogens (tertiary/aromatic N) is 3. The van der Waals surface area contributed by atoms with Crippen LogP contribution in [0.15, 0.2) is 85.3 Å². The average Bonchev–Trinajstić information content (AvgIpc) is 3.29. The van der Waals surface area contributed by atoms with E-state index in [1.54, 1.807) is 4.90 Å². The predicted molar refractivity (Wildman–Crippen MR) is 152 cm³/mol. The highest BCUT2D eigenvalue weighted by Gasteiger charge is 2.38. The summed E-state index contributed by atoms with van der Waals surface area (Å²) in [5.41, 5.74) is 4.73. The Labute approximate surface area is 235 Å². The van der Waals surface area contributed by atoms with Crippen LogP contribution in [0.4, 0.5) is 0 Å². The Balaban J connectivity index is 1.17. The van der Waals surface area contributed by atoms with Gasteiger partial charge in [-0.1, -0.05) is 36.9 Å². The van der Waals surface area contributed by atoms with Gasteiger partial charge in [0.25, 0.3) is 5.91 Å². The number of aromatic nitrogens is 1. The maximum atomic E-state index is 13.2. The van der Waals surface area contributed by atoms with Crippen molar-refractivity contribution < 1.29 is 14.3 Å². The van der Waals surface area contributed by atoms with Crippen molar-refractivity contribution in [3.05, 3.63) is 108 Å². The van der Waals surface area contributed by atoms with E-state index in [-0.39, 0.29) is 24.0 Å². The first kappa shape index (κ1) is 26.2. The highest BCUT2D eigenvalue weighted by atomic mass is 16.5. The van der Waals surface area contributed by atoms with Crippen LogP contribution < -0.4 is 15.4 Å². The molecule has 0 spiro atoms. The molecule has 0 radical (unpaired) electrons. The Morgan fingerprint density at radius 3 is 2.65 bits per heavy atom. The number of hydrogen-bond donors (Lipinski definition) is 2. The van der Waals surface area contributed by atoms with Gasteiger partial charge >= 0.3 is 0 Å². The predicted octanol–water partition coefficient (Wildman–Crippen LogP) is 3.64. The van der Waals surface area contributed by atoms with Gasteiger partial charge in [-0.15, -0.1) is 0 Å². The lowest BCUT2D eigenvalue weighted by molar-refractivity contribution is -0.126. The number of carbonyl (C=O) groups is 2. The minimum absolute atomic E-state index is 0.0688. The normalized spacial score (nSPS) is 23.1. The number of piperidine rings is 2. The van der Waals surface area contributed by atoms with Gasteiger partial charge < -0.3 is 20.3 Å². The molecule has 206 valence electrons. The van der Waals surface area contributed by atoms with Gasteiger partial charge in [0.05, 0.1) is 0 Å². The largest absolute Gasteiger partial charge is 0.487 e. The number of nitrogens with one attached hydrogen (secondary N) is 2. The molecule has 4 heterocycles. The smallest absolute Gasteiger partial charge is 0.255 e. The summed E-state index contributed by atoms with van der Waals surface area (Å²) < 4.78 is 6.66. The van der Waals surface area contributed by atoms with Crippen LogP contribution in [0, 0.1) is 0 Å². The first-order chi connectivity index (χ1) is 19.5. The van der Waals surface area contributed by atoms with Crippen molar-refractivity contribution in [3.8, 4) is 5.75 Å². The fourth-order valence-electron chi connectivity index (χ4n) is 5.95. The molecule has 2 aromatic carbocycles. The number of allylic oxidation sites excluding steroid dienone is 1. The number of pyridine rings is 1. The molecule has 8 nitrogen and oxygen atoms in total. The molecular formula is C32H35N5O3. The van der Waals surface area contributed by atoms with Crippen LogP contribution >= 0.6 is 0 Å². The molecule has 2 N–H and O–H groups in total. The van der Waals surface area contributed by atoms with Crippen LogP contribution in [-0.2, 0) is 24.4 Å². The van der Waals surface area contributed by atoms with E-state index in [1.807, 2.05) is 48.8 Å². The van der Waals surface area contributed by atoms with Crippen molar-refractivity contribution in [2.45, 2.75) is 57.1 Å². The van der Waals surface area contributed by atoms with Crippen molar-refractivity contribution in [3.63, 3.8) is 0 Å². The van der Waals surface area contributed by atoms with E-state index in [4.69, 9.17) is 4.74 Å². The number of rotatable bonds is 8. The first-order valence-corrected chi connectivity index (χ1v) is 14.0. The summed E-state index contributed by atoms with van der Waals surface area (Å²) in [6.07, 6.45) is 5.80. The Morgan fingerprint density at radius 1 is 1.02 bits per heavy atom. The summed E-state index contributed by atoms with van der Waals surface area (Å²) in [4.78, 5) is 34.0. The topological polar surface area (TPSA) is 86.8 Å². The highest BCUT2D eigenvalue weighted by molar-refractivity contribution is 6.01. The van der Waals surface area contributed by atoms with E-state index in [0.29, 0.717) is 30.6 Å². The molecule has 3 aromatic rings. The van der Waals surface area contributed by atoms with Gasteiger partial charge in [0.1, 0.15) is 17.9 Å². The van der Waals surface area contributed by atoms with E-state index in [0.717, 1.165) is 43.9 Å². The fraction of sp³-hybridized carbons (Fsp3) is 0.344. The lowest BCUT2D eigenvalue weighted by atomic mass is 10.00. The molecule has 0 saturated carbocycles. The Kier molecular flexibility index (Phi) is 7.62. The van der Waals surface area contributed by atoms with Gasteiger partial charge in [-0.25, -0.2) is 0 Å². The third-order valence-corrected chi connectivity index (χ3v) is 8.10. The fourth-order valence-corrected chi connectivity index (χ4v) is 5.95. The lowest BCUT2D eigenvalue weighted by Gasteiger charge is -2.39. The van der Waals surface area contributed by atoms with Crippen LogP contribution in [0.2, 0.25) is 0 Å². The van der Waals surface area contributed by atoms with Crippen molar-refractivity contribution in [1.82, 2.24) is 25.4 Å². The molecule has 2 amide bonds. The monoisotopic (exact) mass is 537 g/mol. The molecule has 8 heteroatoms. The number of hydrogen-bond acceptors (Lipinski definition) is 6. The number of amides is 2. The lowest BCUT2D eigenvalue weighted by Crippen LogP contribution is -2.54. The number of benzene rings is 2. The molecule has 40 heavy (non-hydrogen) atoms. The Bertz CT molecular complexity index is 1380. The van der Waals surface area contributed by atoms with Crippen LogP contribution in [0.1, 0.15) is 46.3 Å². The molecular weight excluding hydrogens is 502 g/mol. The molecule has 6 rings (SSSR count). The second-order valence-corrected chi connectivity index (χ2v) is 10.9. The molecule has 1 aromatic heterocycles. The van der Waals surface area contributed by atoms with Crippen LogP contribution in [0.5, 0.6) is 5.75 Å². The second kappa shape index (κ2) is 11.6. The summed E-state index contributed by atoms with van der Waals surface area (Å²) in [6, 6.07) is 20.0. The third kappa shape index (κ3) is 5.78. The first-order valence-electron chi connectivity index (χ1n) is 14.0. The average molecular weight is 538 g/mol. The summed E-state index contributed by atoms with van der Waals surface area (Å²) in [6.45, 7) is 7.65. The number of fused-ring (bicyclic) bond motifs is 1. The maximum absolute atomic E-state index is 13.2. The van der Waals surface area contributed by atoms with Crippen LogP contribution in [-0.4, -0.2) is 57.9 Å². The number of carbonyl (C=O) groups excluding carboxylic acids is 2. The van der Waals surface area contributed by atoms with Gasteiger partial charge in [0.2, 0.25) is 5.91 Å². The second-order valence-electron chi connectivity index (χ2n) is 10.9. The van der Waals surface area contributed by atoms with Gasteiger partial charge in [-0.2, -0.15) is 0 Å². The van der Waals surface area contributed by atoms with Gasteiger partial charge in [0, 0.05) is 62.4 Å². The zero-order valence-electron chi connectivity index (χ0n) is 22.6. The zero-order chi connectivity index (χ0) is 27.5. The molecule has 3 aliphatic rings. The zero-order valence-corrected chi connectivity index (χ0v) is 22.6. The van der Waals surface area contributed by atoms with E-state index < -0.39 is 6.04 Å². The van der Waals surface area contributed by atoms with Crippen molar-refractivity contribution in [2.75, 3.05) is 13.1 Å². The van der Waals surface area contributed by atoms with Crippen molar-refractivity contribution >= 4 is 11.8 Å². The van der Waals surface area contributed by atoms with E-state index in [2.05, 4.69) is 51.4 Å². The van der Waals surface area contributed by atoms with E-state index >= 15 is 0 Å². The molecule has 3 aliphatic heterocycles. The van der Waals surface area contributed by atoms with Gasteiger partial charge in [-0.3, -0.25) is 19.5 Å².